The van der Waals surface area contributed by atoms with E-state index in [1.807, 2.05) is 20.2 Å². The number of alkyl halides is 5. The van der Waals surface area contributed by atoms with E-state index < -0.39 is 23.7 Å². The second kappa shape index (κ2) is 8.04. The van der Waals surface area contributed by atoms with E-state index in [2.05, 4.69) is 20.1 Å². The Morgan fingerprint density at radius 3 is 2.27 bits per heavy atom. The molecular formula is C20H22F5N7O. The van der Waals surface area contributed by atoms with Crippen molar-refractivity contribution in [2.75, 3.05) is 26.2 Å². The number of piperazine rings is 1. The molecular weight excluding hydrogens is 449 g/mol. The molecule has 1 saturated heterocycles. The lowest BCUT2D eigenvalue weighted by molar-refractivity contribution is -0.291. The van der Waals surface area contributed by atoms with Crippen LogP contribution in [-0.4, -0.2) is 72.4 Å². The molecule has 8 nitrogen and oxygen atoms in total. The molecule has 13 heteroatoms. The second-order valence-corrected chi connectivity index (χ2v) is 8.14. The Morgan fingerprint density at radius 1 is 1.03 bits per heavy atom. The van der Waals surface area contributed by atoms with Crippen LogP contribution in [0, 0.1) is 13.8 Å². The summed E-state index contributed by atoms with van der Waals surface area (Å²) < 4.78 is 69.1. The van der Waals surface area contributed by atoms with Gasteiger partial charge in [-0.05, 0) is 19.9 Å². The molecule has 0 saturated carbocycles. The van der Waals surface area contributed by atoms with Crippen LogP contribution in [0.2, 0.25) is 0 Å². The molecule has 0 aliphatic carbocycles. The van der Waals surface area contributed by atoms with E-state index in [4.69, 9.17) is 0 Å². The Labute approximate surface area is 185 Å². The molecule has 0 N–H and O–H groups in total. The van der Waals surface area contributed by atoms with Gasteiger partial charge >= 0.3 is 12.1 Å². The number of rotatable bonds is 4. The van der Waals surface area contributed by atoms with Crippen molar-refractivity contribution in [2.45, 2.75) is 32.5 Å². The molecule has 33 heavy (non-hydrogen) atoms. The Hall–Kier alpha value is -3.09. The van der Waals surface area contributed by atoms with Crippen molar-refractivity contribution in [3.05, 3.63) is 46.7 Å². The lowest BCUT2D eigenvalue weighted by Gasteiger charge is -2.34. The minimum Gasteiger partial charge on any atom is -0.335 e. The third-order valence-corrected chi connectivity index (χ3v) is 5.62. The normalized spacial score (nSPS) is 16.1. The number of hydrogen-bond donors (Lipinski definition) is 0. The Morgan fingerprint density at radius 2 is 1.70 bits per heavy atom. The summed E-state index contributed by atoms with van der Waals surface area (Å²) in [5, 5.41) is 8.08. The van der Waals surface area contributed by atoms with E-state index in [-0.39, 0.29) is 17.0 Å². The highest BCUT2D eigenvalue weighted by Crippen LogP contribution is 2.43. The Balaban J connectivity index is 1.52. The SMILES string of the molecule is Cc1cc(C(F)(F)C(F)(F)F)n2nc(C(=O)N3CCN(Cc4cn(C)nc4C)CC3)cc2n1. The van der Waals surface area contributed by atoms with Gasteiger partial charge in [0.25, 0.3) is 5.91 Å². The quantitative estimate of drug-likeness (QED) is 0.548. The summed E-state index contributed by atoms with van der Waals surface area (Å²) in [4.78, 5) is 20.5. The van der Waals surface area contributed by atoms with Crippen LogP contribution >= 0.6 is 0 Å². The molecule has 1 amide bonds. The first-order valence-corrected chi connectivity index (χ1v) is 10.2. The first kappa shape index (κ1) is 23.1. The minimum atomic E-state index is -5.81. The second-order valence-electron chi connectivity index (χ2n) is 8.14. The summed E-state index contributed by atoms with van der Waals surface area (Å²) >= 11 is 0. The van der Waals surface area contributed by atoms with E-state index in [0.717, 1.165) is 17.3 Å². The molecule has 1 fully saturated rings. The highest BCUT2D eigenvalue weighted by atomic mass is 19.4. The van der Waals surface area contributed by atoms with Gasteiger partial charge in [-0.15, -0.1) is 0 Å². The third kappa shape index (κ3) is 4.28. The smallest absolute Gasteiger partial charge is 0.335 e. The zero-order chi connectivity index (χ0) is 24.1. The van der Waals surface area contributed by atoms with Gasteiger partial charge in [0.05, 0.1) is 5.69 Å². The maximum Gasteiger partial charge on any atom is 0.459 e. The Bertz CT molecular complexity index is 1190. The van der Waals surface area contributed by atoms with Crippen molar-refractivity contribution in [2.24, 2.45) is 7.05 Å². The van der Waals surface area contributed by atoms with Gasteiger partial charge in [-0.25, -0.2) is 9.50 Å². The average molecular weight is 471 g/mol. The number of halogens is 5. The molecule has 0 aromatic carbocycles. The van der Waals surface area contributed by atoms with E-state index in [0.29, 0.717) is 43.3 Å². The van der Waals surface area contributed by atoms with E-state index in [9.17, 15) is 26.7 Å². The molecule has 178 valence electrons. The Kier molecular flexibility index (Phi) is 5.63. The number of nitrogens with zero attached hydrogens (tertiary/aromatic N) is 7. The molecule has 0 unspecified atom stereocenters. The lowest BCUT2D eigenvalue weighted by Crippen LogP contribution is -2.48. The van der Waals surface area contributed by atoms with Crippen LogP contribution < -0.4 is 0 Å². The van der Waals surface area contributed by atoms with Crippen molar-refractivity contribution in [3.63, 3.8) is 0 Å². The molecule has 4 rings (SSSR count). The first-order valence-electron chi connectivity index (χ1n) is 10.2. The van der Waals surface area contributed by atoms with Crippen LogP contribution in [0.15, 0.2) is 18.3 Å². The number of aromatic nitrogens is 5. The maximum atomic E-state index is 14.1. The fraction of sp³-hybridized carbons (Fsp3) is 0.500. The standard InChI is InChI=1S/C20H22F5N7O/c1-12-8-16(19(21,22)20(23,24)25)32-17(26-12)9-15(28-32)18(33)31-6-4-30(5-7-31)11-14-10-29(3)27-13(14)2/h8-10H,4-7,11H2,1-3H3. The summed E-state index contributed by atoms with van der Waals surface area (Å²) in [6.07, 6.45) is -3.88. The van der Waals surface area contributed by atoms with Gasteiger partial charge in [-0.2, -0.15) is 32.1 Å². The minimum absolute atomic E-state index is 0.0420. The van der Waals surface area contributed by atoms with Gasteiger partial charge in [0.1, 0.15) is 5.69 Å². The molecule has 4 heterocycles. The summed E-state index contributed by atoms with van der Waals surface area (Å²) in [5.74, 6) is -5.70. The zero-order valence-electron chi connectivity index (χ0n) is 18.2. The summed E-state index contributed by atoms with van der Waals surface area (Å²) in [5.41, 5.74) is 0.104. The van der Waals surface area contributed by atoms with E-state index >= 15 is 0 Å². The molecule has 0 atom stereocenters. The summed E-state index contributed by atoms with van der Waals surface area (Å²) in [6.45, 7) is 5.77. The van der Waals surface area contributed by atoms with Crippen LogP contribution in [0.3, 0.4) is 0 Å². The summed E-state index contributed by atoms with van der Waals surface area (Å²) in [7, 11) is 1.84. The van der Waals surface area contributed by atoms with Gasteiger partial charge < -0.3 is 4.90 Å². The van der Waals surface area contributed by atoms with Crippen molar-refractivity contribution in [1.29, 1.82) is 0 Å². The molecule has 0 bridgehead atoms. The predicted octanol–water partition coefficient (Wildman–Crippen LogP) is 2.69. The van der Waals surface area contributed by atoms with Gasteiger partial charge in [-0.1, -0.05) is 0 Å². The van der Waals surface area contributed by atoms with Crippen LogP contribution in [0.4, 0.5) is 22.0 Å². The van der Waals surface area contributed by atoms with Crippen molar-refractivity contribution in [1.82, 2.24) is 34.2 Å². The lowest BCUT2D eigenvalue weighted by atomic mass is 10.2. The third-order valence-electron chi connectivity index (χ3n) is 5.62. The summed E-state index contributed by atoms with van der Waals surface area (Å²) in [6, 6.07) is 1.76. The van der Waals surface area contributed by atoms with E-state index in [1.165, 1.54) is 11.8 Å². The molecule has 3 aromatic rings. The molecule has 1 aliphatic rings. The van der Waals surface area contributed by atoms with Gasteiger partial charge in [-0.3, -0.25) is 14.4 Å². The van der Waals surface area contributed by atoms with Crippen molar-refractivity contribution < 1.29 is 26.7 Å². The predicted molar refractivity (Wildman–Crippen MR) is 107 cm³/mol. The van der Waals surface area contributed by atoms with Gasteiger partial charge in [0.15, 0.2) is 11.3 Å². The van der Waals surface area contributed by atoms with Crippen molar-refractivity contribution in [3.8, 4) is 0 Å². The van der Waals surface area contributed by atoms with Crippen LogP contribution in [0.25, 0.3) is 5.65 Å². The van der Waals surface area contributed by atoms with Gasteiger partial charge in [0, 0.05) is 63.3 Å². The average Bonchev–Trinajstić information content (AvgIpc) is 3.28. The number of amides is 1. The fourth-order valence-electron chi connectivity index (χ4n) is 3.89. The number of carbonyl (C=O) groups excluding carboxylic acids is 1. The number of hydrogen-bond acceptors (Lipinski definition) is 5. The molecule has 0 radical (unpaired) electrons. The van der Waals surface area contributed by atoms with Crippen molar-refractivity contribution >= 4 is 11.6 Å². The first-order chi connectivity index (χ1) is 15.4. The topological polar surface area (TPSA) is 71.6 Å². The highest BCUT2D eigenvalue weighted by molar-refractivity contribution is 5.93. The highest BCUT2D eigenvalue weighted by Gasteiger charge is 2.60. The van der Waals surface area contributed by atoms with Crippen LogP contribution in [0.5, 0.6) is 0 Å². The van der Waals surface area contributed by atoms with Crippen LogP contribution in [0.1, 0.15) is 33.1 Å². The number of carbonyl (C=O) groups is 1. The fourth-order valence-corrected chi connectivity index (χ4v) is 3.89. The molecule has 3 aromatic heterocycles. The van der Waals surface area contributed by atoms with E-state index in [1.54, 1.807) is 4.68 Å². The zero-order valence-corrected chi connectivity index (χ0v) is 18.2. The maximum absolute atomic E-state index is 14.1. The number of aryl methyl sites for hydroxylation is 3. The van der Waals surface area contributed by atoms with Gasteiger partial charge in [0.2, 0.25) is 0 Å². The monoisotopic (exact) mass is 471 g/mol. The largest absolute Gasteiger partial charge is 0.459 e. The van der Waals surface area contributed by atoms with Crippen LogP contribution in [-0.2, 0) is 19.5 Å². The number of fused-ring (bicyclic) bond motifs is 1. The molecule has 1 aliphatic heterocycles. The molecule has 0 spiro atoms.